The Hall–Kier alpha value is -1.29. The fraction of sp³-hybridized carbons (Fsp3) is 0. The van der Waals surface area contributed by atoms with Gasteiger partial charge in [0, 0.05) is 12.4 Å². The third kappa shape index (κ3) is 1.58. The molecule has 0 aliphatic rings. The lowest BCUT2D eigenvalue weighted by Crippen LogP contribution is -1.99. The zero-order valence-corrected chi connectivity index (χ0v) is 8.40. The number of rotatable bonds is 1. The molecule has 2 N–H and O–H groups in total. The molecule has 0 saturated carbocycles. The van der Waals surface area contributed by atoms with Gasteiger partial charge in [0.25, 0.3) is 0 Å². The third-order valence-electron chi connectivity index (χ3n) is 1.75. The molecule has 0 aliphatic heterocycles. The van der Waals surface area contributed by atoms with E-state index >= 15 is 0 Å². The smallest absolute Gasteiger partial charge is 0.149 e. The summed E-state index contributed by atoms with van der Waals surface area (Å²) in [7, 11) is 0. The van der Waals surface area contributed by atoms with E-state index in [2.05, 4.69) is 20.9 Å². The molecule has 0 aromatic carbocycles. The first-order chi connectivity index (χ1) is 6.27. The van der Waals surface area contributed by atoms with Crippen LogP contribution >= 0.6 is 15.9 Å². The SMILES string of the molecule is Nc1nc(Br)ccc1-n1cccc1. The van der Waals surface area contributed by atoms with Gasteiger partial charge in [0.1, 0.15) is 10.4 Å². The van der Waals surface area contributed by atoms with Crippen LogP contribution in [0.3, 0.4) is 0 Å². The fourth-order valence-corrected chi connectivity index (χ4v) is 1.48. The van der Waals surface area contributed by atoms with Gasteiger partial charge in [-0.1, -0.05) is 0 Å². The summed E-state index contributed by atoms with van der Waals surface area (Å²) in [5.41, 5.74) is 6.65. The Labute approximate surface area is 84.3 Å². The lowest BCUT2D eigenvalue weighted by atomic mass is 10.4. The molecule has 0 atom stereocenters. The van der Waals surface area contributed by atoms with E-state index in [0.717, 1.165) is 10.3 Å². The van der Waals surface area contributed by atoms with Gasteiger partial charge in [0.15, 0.2) is 0 Å². The molecule has 0 bridgehead atoms. The van der Waals surface area contributed by atoms with Crippen LogP contribution in [0.1, 0.15) is 0 Å². The van der Waals surface area contributed by atoms with Crippen molar-refractivity contribution in [2.75, 3.05) is 5.73 Å². The summed E-state index contributed by atoms with van der Waals surface area (Å²) < 4.78 is 2.68. The molecular formula is C9H8BrN3. The van der Waals surface area contributed by atoms with E-state index in [1.165, 1.54) is 0 Å². The average molecular weight is 238 g/mol. The van der Waals surface area contributed by atoms with E-state index in [4.69, 9.17) is 5.73 Å². The van der Waals surface area contributed by atoms with E-state index in [1.54, 1.807) is 0 Å². The van der Waals surface area contributed by atoms with Crippen LogP contribution in [-0.2, 0) is 0 Å². The average Bonchev–Trinajstić information content (AvgIpc) is 2.56. The van der Waals surface area contributed by atoms with Gasteiger partial charge < -0.3 is 10.3 Å². The number of hydrogen-bond acceptors (Lipinski definition) is 2. The van der Waals surface area contributed by atoms with Crippen LogP contribution in [0.5, 0.6) is 0 Å². The highest BCUT2D eigenvalue weighted by molar-refractivity contribution is 9.10. The number of pyridine rings is 1. The van der Waals surface area contributed by atoms with Gasteiger partial charge >= 0.3 is 0 Å². The minimum Gasteiger partial charge on any atom is -0.382 e. The molecule has 2 aromatic rings. The maximum absolute atomic E-state index is 5.75. The molecule has 2 heterocycles. The van der Waals surface area contributed by atoms with E-state index in [-0.39, 0.29) is 0 Å². The molecule has 66 valence electrons. The van der Waals surface area contributed by atoms with Crippen LogP contribution < -0.4 is 5.73 Å². The molecular weight excluding hydrogens is 230 g/mol. The molecule has 0 radical (unpaired) electrons. The second-order valence-electron chi connectivity index (χ2n) is 2.63. The van der Waals surface area contributed by atoms with Crippen molar-refractivity contribution in [1.29, 1.82) is 0 Å². The highest BCUT2D eigenvalue weighted by atomic mass is 79.9. The first-order valence-electron chi connectivity index (χ1n) is 3.83. The van der Waals surface area contributed by atoms with Crippen LogP contribution in [0.15, 0.2) is 41.3 Å². The van der Waals surface area contributed by atoms with E-state index in [0.29, 0.717) is 5.82 Å². The van der Waals surface area contributed by atoms with Crippen LogP contribution in [0.2, 0.25) is 0 Å². The van der Waals surface area contributed by atoms with Crippen molar-refractivity contribution in [3.63, 3.8) is 0 Å². The molecule has 0 amide bonds. The second-order valence-corrected chi connectivity index (χ2v) is 3.44. The molecule has 0 fully saturated rings. The molecule has 0 spiro atoms. The number of aromatic nitrogens is 2. The van der Waals surface area contributed by atoms with Gasteiger partial charge in [0.05, 0.1) is 5.69 Å². The van der Waals surface area contributed by atoms with Gasteiger partial charge in [-0.3, -0.25) is 0 Å². The molecule has 4 heteroatoms. The molecule has 2 rings (SSSR count). The number of anilines is 1. The van der Waals surface area contributed by atoms with Gasteiger partial charge in [-0.25, -0.2) is 4.98 Å². The summed E-state index contributed by atoms with van der Waals surface area (Å²) in [6.07, 6.45) is 3.86. The Bertz CT molecular complexity index is 409. The standard InChI is InChI=1S/C9H8BrN3/c10-8-4-3-7(9(11)12-8)13-5-1-2-6-13/h1-6H,(H2,11,12). The van der Waals surface area contributed by atoms with Gasteiger partial charge in [-0.2, -0.15) is 0 Å². The van der Waals surface area contributed by atoms with Gasteiger partial charge in [0.2, 0.25) is 0 Å². The Morgan fingerprint density at radius 1 is 1.23 bits per heavy atom. The summed E-state index contributed by atoms with van der Waals surface area (Å²) >= 11 is 3.26. The van der Waals surface area contributed by atoms with Crippen molar-refractivity contribution in [3.8, 4) is 5.69 Å². The van der Waals surface area contributed by atoms with Crippen molar-refractivity contribution in [2.24, 2.45) is 0 Å². The first kappa shape index (κ1) is 8.31. The van der Waals surface area contributed by atoms with Gasteiger partial charge in [-0.15, -0.1) is 0 Å². The fourth-order valence-electron chi connectivity index (χ4n) is 1.16. The molecule has 13 heavy (non-hydrogen) atoms. The molecule has 0 unspecified atom stereocenters. The Kier molecular flexibility index (Phi) is 2.06. The minimum atomic E-state index is 0.519. The van der Waals surface area contributed by atoms with Crippen LogP contribution in [-0.4, -0.2) is 9.55 Å². The Morgan fingerprint density at radius 2 is 1.92 bits per heavy atom. The first-order valence-corrected chi connectivity index (χ1v) is 4.62. The summed E-state index contributed by atoms with van der Waals surface area (Å²) in [6.45, 7) is 0. The lowest BCUT2D eigenvalue weighted by Gasteiger charge is -2.05. The topological polar surface area (TPSA) is 43.8 Å². The van der Waals surface area contributed by atoms with E-state index in [9.17, 15) is 0 Å². The third-order valence-corrected chi connectivity index (χ3v) is 2.19. The quantitative estimate of drug-likeness (QED) is 0.774. The number of halogens is 1. The number of nitrogens with two attached hydrogens (primary N) is 1. The summed E-state index contributed by atoms with van der Waals surface area (Å²) in [5, 5.41) is 0. The van der Waals surface area contributed by atoms with E-state index in [1.807, 2.05) is 41.2 Å². The van der Waals surface area contributed by atoms with Crippen LogP contribution in [0, 0.1) is 0 Å². The zero-order chi connectivity index (χ0) is 9.26. The van der Waals surface area contributed by atoms with Crippen molar-refractivity contribution in [3.05, 3.63) is 41.3 Å². The predicted octanol–water partition coefficient (Wildman–Crippen LogP) is 2.22. The van der Waals surface area contributed by atoms with Crippen LogP contribution in [0.25, 0.3) is 5.69 Å². The largest absolute Gasteiger partial charge is 0.382 e. The van der Waals surface area contributed by atoms with Crippen molar-refractivity contribution < 1.29 is 0 Å². The number of nitrogens with zero attached hydrogens (tertiary/aromatic N) is 2. The summed E-state index contributed by atoms with van der Waals surface area (Å²) in [5.74, 6) is 0.519. The molecule has 0 saturated heterocycles. The summed E-state index contributed by atoms with van der Waals surface area (Å²) in [4.78, 5) is 4.10. The number of nitrogen functional groups attached to an aromatic ring is 1. The van der Waals surface area contributed by atoms with Gasteiger partial charge in [-0.05, 0) is 40.2 Å². The maximum Gasteiger partial charge on any atom is 0.149 e. The second kappa shape index (κ2) is 3.22. The Balaban J connectivity index is 2.53. The molecule has 3 nitrogen and oxygen atoms in total. The minimum absolute atomic E-state index is 0.519. The van der Waals surface area contributed by atoms with Crippen molar-refractivity contribution in [1.82, 2.24) is 9.55 Å². The Morgan fingerprint density at radius 3 is 2.54 bits per heavy atom. The maximum atomic E-state index is 5.75. The van der Waals surface area contributed by atoms with E-state index < -0.39 is 0 Å². The monoisotopic (exact) mass is 237 g/mol. The number of hydrogen-bond donors (Lipinski definition) is 1. The normalized spacial score (nSPS) is 10.2. The summed E-state index contributed by atoms with van der Waals surface area (Å²) in [6, 6.07) is 7.68. The zero-order valence-electron chi connectivity index (χ0n) is 6.81. The molecule has 2 aromatic heterocycles. The van der Waals surface area contributed by atoms with Crippen molar-refractivity contribution >= 4 is 21.7 Å². The lowest BCUT2D eigenvalue weighted by molar-refractivity contribution is 1.06. The van der Waals surface area contributed by atoms with Crippen LogP contribution in [0.4, 0.5) is 5.82 Å². The highest BCUT2D eigenvalue weighted by Gasteiger charge is 2.01. The predicted molar refractivity (Wildman–Crippen MR) is 55.7 cm³/mol. The highest BCUT2D eigenvalue weighted by Crippen LogP contribution is 2.17. The molecule has 0 aliphatic carbocycles. The van der Waals surface area contributed by atoms with Crippen molar-refractivity contribution in [2.45, 2.75) is 0 Å².